The molecule has 0 heterocycles. The zero-order chi connectivity index (χ0) is 19.7. The molecule has 1 nitrogen and oxygen atoms in total. The fraction of sp³-hybridized carbons (Fsp3) is 0.280. The van der Waals surface area contributed by atoms with Crippen molar-refractivity contribution in [2.24, 2.45) is 0 Å². The van der Waals surface area contributed by atoms with Gasteiger partial charge in [-0.1, -0.05) is 72.8 Å². The maximum absolute atomic E-state index is 7.16. The molecule has 0 radical (unpaired) electrons. The molecule has 0 spiro atoms. The molecule has 0 aliphatic rings. The average molecular weight is 375 g/mol. The summed E-state index contributed by atoms with van der Waals surface area (Å²) in [5.41, 5.74) is 3.61. The molecule has 27 heavy (non-hydrogen) atoms. The molecular formula is C25H30OSi. The number of rotatable bonds is 4. The van der Waals surface area contributed by atoms with Crippen LogP contribution in [0.25, 0.3) is 0 Å². The zero-order valence-electron chi connectivity index (χ0n) is 17.3. The molecule has 3 rings (SSSR count). The highest BCUT2D eigenvalue weighted by Crippen LogP contribution is 2.21. The molecule has 0 atom stereocenters. The van der Waals surface area contributed by atoms with Crippen LogP contribution in [0.2, 0.25) is 0 Å². The van der Waals surface area contributed by atoms with Gasteiger partial charge in [-0.15, -0.1) is 0 Å². The lowest BCUT2D eigenvalue weighted by Crippen LogP contribution is -2.73. The predicted octanol–water partition coefficient (Wildman–Crippen LogP) is 4.39. The Morgan fingerprint density at radius 1 is 0.556 bits per heavy atom. The second kappa shape index (κ2) is 7.45. The first kappa shape index (κ1) is 19.6. The molecule has 0 aliphatic heterocycles. The summed E-state index contributed by atoms with van der Waals surface area (Å²) >= 11 is 0. The molecule has 3 aromatic carbocycles. The molecule has 0 saturated heterocycles. The van der Waals surface area contributed by atoms with Crippen LogP contribution in [-0.2, 0) is 4.43 Å². The van der Waals surface area contributed by atoms with Gasteiger partial charge in [0.25, 0.3) is 8.32 Å². The first-order valence-corrected chi connectivity index (χ1v) is 11.5. The molecule has 0 fully saturated rings. The fourth-order valence-electron chi connectivity index (χ4n) is 3.96. The Hall–Kier alpha value is -2.16. The second-order valence-corrected chi connectivity index (χ2v) is 11.5. The summed E-state index contributed by atoms with van der Waals surface area (Å²) in [4.78, 5) is 0. The van der Waals surface area contributed by atoms with E-state index in [9.17, 15) is 0 Å². The van der Waals surface area contributed by atoms with Gasteiger partial charge in [-0.25, -0.2) is 0 Å². The number of benzene rings is 3. The minimum absolute atomic E-state index is 0.265. The summed E-state index contributed by atoms with van der Waals surface area (Å²) in [5.74, 6) is 0. The lowest BCUT2D eigenvalue weighted by atomic mass is 10.2. The predicted molar refractivity (Wildman–Crippen MR) is 119 cm³/mol. The van der Waals surface area contributed by atoms with Crippen LogP contribution in [-0.4, -0.2) is 13.9 Å². The van der Waals surface area contributed by atoms with Crippen LogP contribution >= 0.6 is 0 Å². The van der Waals surface area contributed by atoms with Crippen LogP contribution < -0.4 is 15.6 Å². The molecule has 0 aliphatic carbocycles. The van der Waals surface area contributed by atoms with E-state index in [2.05, 4.69) is 114 Å². The minimum atomic E-state index is -2.69. The summed E-state index contributed by atoms with van der Waals surface area (Å²) in [5, 5.41) is 4.01. The van der Waals surface area contributed by atoms with E-state index in [0.29, 0.717) is 0 Å². The van der Waals surface area contributed by atoms with Crippen LogP contribution in [0, 0.1) is 20.8 Å². The first-order valence-electron chi connectivity index (χ1n) is 9.64. The first-order chi connectivity index (χ1) is 12.8. The molecule has 2 heteroatoms. The van der Waals surface area contributed by atoms with Crippen molar-refractivity contribution in [3.63, 3.8) is 0 Å². The highest BCUT2D eigenvalue weighted by atomic mass is 28.4. The topological polar surface area (TPSA) is 9.23 Å². The van der Waals surface area contributed by atoms with Gasteiger partial charge in [0.15, 0.2) is 0 Å². The lowest BCUT2D eigenvalue weighted by Gasteiger charge is -2.41. The highest BCUT2D eigenvalue weighted by Gasteiger charge is 2.47. The van der Waals surface area contributed by atoms with Crippen LogP contribution in [0.3, 0.4) is 0 Å². The van der Waals surface area contributed by atoms with Gasteiger partial charge >= 0.3 is 0 Å². The summed E-state index contributed by atoms with van der Waals surface area (Å²) in [7, 11) is -2.69. The Kier molecular flexibility index (Phi) is 5.41. The number of hydrogen-bond donors (Lipinski definition) is 0. The zero-order valence-corrected chi connectivity index (χ0v) is 18.3. The normalized spacial score (nSPS) is 12.2. The Labute approximate surface area is 165 Å². The Balaban J connectivity index is 2.48. The van der Waals surface area contributed by atoms with E-state index < -0.39 is 8.32 Å². The Morgan fingerprint density at radius 2 is 0.852 bits per heavy atom. The Morgan fingerprint density at radius 3 is 1.11 bits per heavy atom. The van der Waals surface area contributed by atoms with E-state index in [1.807, 2.05) is 0 Å². The van der Waals surface area contributed by atoms with Gasteiger partial charge in [-0.2, -0.15) is 0 Å². The quantitative estimate of drug-likeness (QED) is 0.486. The van der Waals surface area contributed by atoms with Crippen molar-refractivity contribution in [3.05, 3.63) is 89.5 Å². The van der Waals surface area contributed by atoms with E-state index in [1.165, 1.54) is 32.3 Å². The third-order valence-corrected chi connectivity index (χ3v) is 9.91. The summed E-state index contributed by atoms with van der Waals surface area (Å²) in [6.45, 7) is 13.1. The number of aryl methyl sites for hydroxylation is 3. The van der Waals surface area contributed by atoms with Gasteiger partial charge in [-0.3, -0.25) is 0 Å². The third-order valence-electron chi connectivity index (χ3n) is 5.03. The largest absolute Gasteiger partial charge is 0.399 e. The van der Waals surface area contributed by atoms with Gasteiger partial charge in [0.1, 0.15) is 0 Å². The van der Waals surface area contributed by atoms with Crippen molar-refractivity contribution in [2.45, 2.75) is 47.1 Å². The maximum Gasteiger partial charge on any atom is 0.289 e. The number of hydrogen-bond acceptors (Lipinski definition) is 1. The smallest absolute Gasteiger partial charge is 0.289 e. The van der Waals surface area contributed by atoms with E-state index >= 15 is 0 Å². The van der Waals surface area contributed by atoms with Crippen molar-refractivity contribution in [1.29, 1.82) is 0 Å². The lowest BCUT2D eigenvalue weighted by molar-refractivity contribution is 0.130. The molecule has 0 bridgehead atoms. The van der Waals surface area contributed by atoms with Crippen molar-refractivity contribution < 1.29 is 4.43 Å². The molecular weight excluding hydrogens is 344 g/mol. The molecule has 3 aromatic rings. The second-order valence-electron chi connectivity index (χ2n) is 8.34. The molecule has 0 amide bonds. The monoisotopic (exact) mass is 374 g/mol. The third kappa shape index (κ3) is 3.78. The minimum Gasteiger partial charge on any atom is -0.399 e. The van der Waals surface area contributed by atoms with E-state index in [1.54, 1.807) is 0 Å². The van der Waals surface area contributed by atoms with Crippen LogP contribution in [0.15, 0.2) is 72.8 Å². The van der Waals surface area contributed by atoms with Gasteiger partial charge < -0.3 is 4.43 Å². The maximum atomic E-state index is 7.16. The Bertz CT molecular complexity index is 826. The van der Waals surface area contributed by atoms with Gasteiger partial charge in [0, 0.05) is 5.60 Å². The molecule has 0 saturated carbocycles. The molecule has 0 aromatic heterocycles. The van der Waals surface area contributed by atoms with E-state index in [4.69, 9.17) is 4.43 Å². The summed E-state index contributed by atoms with van der Waals surface area (Å²) < 4.78 is 7.16. The van der Waals surface area contributed by atoms with Crippen molar-refractivity contribution in [2.75, 3.05) is 0 Å². The van der Waals surface area contributed by atoms with Gasteiger partial charge in [0.05, 0.1) is 0 Å². The molecule has 0 N–H and O–H groups in total. The van der Waals surface area contributed by atoms with Crippen LogP contribution in [0.4, 0.5) is 0 Å². The molecule has 0 unspecified atom stereocenters. The van der Waals surface area contributed by atoms with E-state index in [0.717, 1.165) is 0 Å². The van der Waals surface area contributed by atoms with Crippen LogP contribution in [0.1, 0.15) is 37.5 Å². The van der Waals surface area contributed by atoms with Crippen molar-refractivity contribution in [1.82, 2.24) is 0 Å². The van der Waals surface area contributed by atoms with Gasteiger partial charge in [0.2, 0.25) is 0 Å². The summed E-state index contributed by atoms with van der Waals surface area (Å²) in [6, 6.07) is 26.2. The standard InChI is InChI=1S/C25H30OSi/c1-19-13-7-10-16-22(19)27(26-25(4,5)6,23-17-11-8-14-20(23)2)24-18-12-9-15-21(24)3/h7-18H,1-6H3. The van der Waals surface area contributed by atoms with Crippen molar-refractivity contribution in [3.8, 4) is 0 Å². The molecule has 140 valence electrons. The van der Waals surface area contributed by atoms with Crippen LogP contribution in [0.5, 0.6) is 0 Å². The SMILES string of the molecule is Cc1ccccc1[Si](OC(C)(C)C)(c1ccccc1C)c1ccccc1C. The average Bonchev–Trinajstić information content (AvgIpc) is 2.60. The van der Waals surface area contributed by atoms with E-state index in [-0.39, 0.29) is 5.60 Å². The highest BCUT2D eigenvalue weighted by molar-refractivity contribution is 7.07. The van der Waals surface area contributed by atoms with Gasteiger partial charge in [-0.05, 0) is 73.8 Å². The fourth-order valence-corrected chi connectivity index (χ4v) is 8.99. The van der Waals surface area contributed by atoms with Crippen molar-refractivity contribution >= 4 is 23.9 Å². The summed E-state index contributed by atoms with van der Waals surface area (Å²) in [6.07, 6.45) is 0.